The molecular weight excluding hydrogens is 358 g/mol. The van der Waals surface area contributed by atoms with Crippen LogP contribution in [0.4, 0.5) is 0 Å². The molecule has 4 rings (SSSR count). The maximum absolute atomic E-state index is 13.0. The first-order valence-corrected chi connectivity index (χ1v) is 9.16. The van der Waals surface area contributed by atoms with Gasteiger partial charge in [0.15, 0.2) is 0 Å². The van der Waals surface area contributed by atoms with Gasteiger partial charge in [0, 0.05) is 36.8 Å². The van der Waals surface area contributed by atoms with Crippen molar-refractivity contribution in [2.24, 2.45) is 0 Å². The number of hydrogen-bond donors (Lipinski definition) is 0. The zero-order valence-corrected chi connectivity index (χ0v) is 15.6. The Morgan fingerprint density at radius 1 is 1.21 bits per heavy atom. The summed E-state index contributed by atoms with van der Waals surface area (Å²) in [6, 6.07) is 11.3. The van der Waals surface area contributed by atoms with Gasteiger partial charge in [0.25, 0.3) is 5.91 Å². The van der Waals surface area contributed by atoms with E-state index in [1.807, 2.05) is 41.4 Å². The van der Waals surface area contributed by atoms with Gasteiger partial charge >= 0.3 is 6.01 Å². The van der Waals surface area contributed by atoms with Crippen molar-refractivity contribution in [2.75, 3.05) is 20.2 Å². The zero-order chi connectivity index (χ0) is 19.3. The molecule has 1 atom stereocenters. The van der Waals surface area contributed by atoms with E-state index in [0.29, 0.717) is 24.5 Å². The molecule has 1 fully saturated rings. The standard InChI is InChI=1S/C20H21N5O3/c1-27-20-21-10-8-18(23-20)28-17-7-3-11-24(14-17)19(26)15-5-2-6-16(13-15)25-12-4-9-22-25/h2,4-6,8-10,12-13,17H,3,7,11,14H2,1H3. The van der Waals surface area contributed by atoms with Crippen molar-refractivity contribution in [3.05, 3.63) is 60.6 Å². The zero-order valence-electron chi connectivity index (χ0n) is 15.6. The van der Waals surface area contributed by atoms with Crippen LogP contribution in [-0.4, -0.2) is 56.9 Å². The molecule has 144 valence electrons. The van der Waals surface area contributed by atoms with Gasteiger partial charge in [0.1, 0.15) is 6.10 Å². The van der Waals surface area contributed by atoms with Crippen molar-refractivity contribution in [3.63, 3.8) is 0 Å². The van der Waals surface area contributed by atoms with E-state index in [1.165, 1.54) is 7.11 Å². The number of nitrogens with zero attached hydrogens (tertiary/aromatic N) is 5. The van der Waals surface area contributed by atoms with Crippen LogP contribution in [0.2, 0.25) is 0 Å². The van der Waals surface area contributed by atoms with Crippen LogP contribution in [0.1, 0.15) is 23.2 Å². The fourth-order valence-corrected chi connectivity index (χ4v) is 3.26. The van der Waals surface area contributed by atoms with Crippen LogP contribution in [-0.2, 0) is 0 Å². The second-order valence-electron chi connectivity index (χ2n) is 6.52. The second-order valence-corrected chi connectivity index (χ2v) is 6.52. The molecule has 2 aromatic heterocycles. The highest BCUT2D eigenvalue weighted by Crippen LogP contribution is 2.20. The summed E-state index contributed by atoms with van der Waals surface area (Å²) in [4.78, 5) is 23.0. The smallest absolute Gasteiger partial charge is 0.319 e. The van der Waals surface area contributed by atoms with Gasteiger partial charge in [-0.05, 0) is 37.1 Å². The number of carbonyl (C=O) groups excluding carboxylic acids is 1. The van der Waals surface area contributed by atoms with Gasteiger partial charge in [-0.1, -0.05) is 6.07 Å². The molecule has 1 aromatic carbocycles. The lowest BCUT2D eigenvalue weighted by molar-refractivity contribution is 0.0525. The number of hydrogen-bond acceptors (Lipinski definition) is 6. The van der Waals surface area contributed by atoms with Crippen molar-refractivity contribution in [3.8, 4) is 17.6 Å². The van der Waals surface area contributed by atoms with Gasteiger partial charge in [-0.2, -0.15) is 10.1 Å². The Balaban J connectivity index is 1.45. The minimum atomic E-state index is -0.119. The predicted octanol–water partition coefficient (Wildman–Crippen LogP) is 2.35. The van der Waals surface area contributed by atoms with E-state index < -0.39 is 0 Å². The van der Waals surface area contributed by atoms with Crippen molar-refractivity contribution < 1.29 is 14.3 Å². The number of methoxy groups -OCH3 is 1. The molecule has 0 radical (unpaired) electrons. The summed E-state index contributed by atoms with van der Waals surface area (Å²) >= 11 is 0. The van der Waals surface area contributed by atoms with Gasteiger partial charge in [0.2, 0.25) is 5.88 Å². The molecule has 0 N–H and O–H groups in total. The van der Waals surface area contributed by atoms with Crippen LogP contribution in [0.25, 0.3) is 5.69 Å². The molecule has 1 saturated heterocycles. The van der Waals surface area contributed by atoms with E-state index in [0.717, 1.165) is 18.5 Å². The second kappa shape index (κ2) is 8.08. The monoisotopic (exact) mass is 379 g/mol. The van der Waals surface area contributed by atoms with E-state index in [1.54, 1.807) is 23.1 Å². The maximum Gasteiger partial charge on any atom is 0.319 e. The number of benzene rings is 1. The lowest BCUT2D eigenvalue weighted by atomic mass is 10.1. The third-order valence-electron chi connectivity index (χ3n) is 4.61. The topological polar surface area (TPSA) is 82.4 Å². The molecule has 0 spiro atoms. The molecule has 0 aliphatic carbocycles. The average Bonchev–Trinajstić information content (AvgIpc) is 3.29. The molecule has 8 nitrogen and oxygen atoms in total. The summed E-state index contributed by atoms with van der Waals surface area (Å²) in [5.74, 6) is 0.439. The van der Waals surface area contributed by atoms with E-state index in [4.69, 9.17) is 9.47 Å². The Kier molecular flexibility index (Phi) is 5.18. The van der Waals surface area contributed by atoms with Gasteiger partial charge in [-0.25, -0.2) is 9.67 Å². The Bertz CT molecular complexity index is 945. The number of piperidine rings is 1. The fourth-order valence-electron chi connectivity index (χ4n) is 3.26. The Morgan fingerprint density at radius 3 is 2.96 bits per heavy atom. The number of likely N-dealkylation sites (tertiary alicyclic amines) is 1. The lowest BCUT2D eigenvalue weighted by Gasteiger charge is -2.32. The van der Waals surface area contributed by atoms with Crippen molar-refractivity contribution in [2.45, 2.75) is 18.9 Å². The largest absolute Gasteiger partial charge is 0.472 e. The first-order valence-electron chi connectivity index (χ1n) is 9.16. The minimum Gasteiger partial charge on any atom is -0.472 e. The normalized spacial score (nSPS) is 16.6. The van der Waals surface area contributed by atoms with Crippen LogP contribution < -0.4 is 9.47 Å². The Labute approximate surface area is 162 Å². The van der Waals surface area contributed by atoms with Gasteiger partial charge < -0.3 is 14.4 Å². The van der Waals surface area contributed by atoms with Crippen LogP contribution in [0.15, 0.2) is 55.0 Å². The van der Waals surface area contributed by atoms with E-state index >= 15 is 0 Å². The number of amides is 1. The average molecular weight is 379 g/mol. The molecule has 1 unspecified atom stereocenters. The number of carbonyl (C=O) groups is 1. The minimum absolute atomic E-state index is 0.0115. The van der Waals surface area contributed by atoms with Crippen LogP contribution in [0.3, 0.4) is 0 Å². The SMILES string of the molecule is COc1nccc(OC2CCCN(C(=O)c3cccc(-n4cccn4)c3)C2)n1. The van der Waals surface area contributed by atoms with Gasteiger partial charge in [0.05, 0.1) is 19.3 Å². The summed E-state index contributed by atoms with van der Waals surface area (Å²) in [5.41, 5.74) is 1.49. The highest BCUT2D eigenvalue weighted by molar-refractivity contribution is 5.94. The van der Waals surface area contributed by atoms with Gasteiger partial charge in [-0.15, -0.1) is 0 Å². The van der Waals surface area contributed by atoms with Crippen molar-refractivity contribution >= 4 is 5.91 Å². The summed E-state index contributed by atoms with van der Waals surface area (Å²) in [6.07, 6.45) is 6.77. The van der Waals surface area contributed by atoms with Gasteiger partial charge in [-0.3, -0.25) is 4.79 Å². The fraction of sp³-hybridized carbons (Fsp3) is 0.300. The maximum atomic E-state index is 13.0. The Hall–Kier alpha value is -3.42. The van der Waals surface area contributed by atoms with E-state index in [2.05, 4.69) is 15.1 Å². The molecule has 3 aromatic rings. The molecular formula is C20H21N5O3. The molecule has 3 heterocycles. The highest BCUT2D eigenvalue weighted by Gasteiger charge is 2.26. The third-order valence-corrected chi connectivity index (χ3v) is 4.61. The lowest BCUT2D eigenvalue weighted by Crippen LogP contribution is -2.44. The summed E-state index contributed by atoms with van der Waals surface area (Å²) in [5, 5.41) is 4.22. The van der Waals surface area contributed by atoms with E-state index in [-0.39, 0.29) is 18.0 Å². The molecule has 8 heteroatoms. The molecule has 28 heavy (non-hydrogen) atoms. The number of ether oxygens (including phenoxy) is 2. The molecule has 0 saturated carbocycles. The van der Waals surface area contributed by atoms with Crippen molar-refractivity contribution in [1.82, 2.24) is 24.6 Å². The molecule has 0 bridgehead atoms. The number of aromatic nitrogens is 4. The van der Waals surface area contributed by atoms with Crippen LogP contribution >= 0.6 is 0 Å². The highest BCUT2D eigenvalue weighted by atomic mass is 16.5. The first kappa shape index (κ1) is 18.0. The summed E-state index contributed by atoms with van der Waals surface area (Å²) in [7, 11) is 1.51. The van der Waals surface area contributed by atoms with Crippen LogP contribution in [0, 0.1) is 0 Å². The Morgan fingerprint density at radius 2 is 2.14 bits per heavy atom. The quantitative estimate of drug-likeness (QED) is 0.677. The third kappa shape index (κ3) is 3.95. The molecule has 1 aliphatic heterocycles. The van der Waals surface area contributed by atoms with Crippen LogP contribution in [0.5, 0.6) is 11.9 Å². The number of rotatable bonds is 5. The van der Waals surface area contributed by atoms with E-state index in [9.17, 15) is 4.79 Å². The van der Waals surface area contributed by atoms with Crippen molar-refractivity contribution in [1.29, 1.82) is 0 Å². The molecule has 1 amide bonds. The molecule has 1 aliphatic rings. The first-order chi connectivity index (χ1) is 13.7. The summed E-state index contributed by atoms with van der Waals surface area (Å²) in [6.45, 7) is 1.22. The predicted molar refractivity (Wildman–Crippen MR) is 102 cm³/mol. The summed E-state index contributed by atoms with van der Waals surface area (Å²) < 4.78 is 12.7.